The van der Waals surface area contributed by atoms with E-state index in [9.17, 15) is 14.4 Å². The van der Waals surface area contributed by atoms with Crippen molar-refractivity contribution in [2.24, 2.45) is 11.8 Å². The van der Waals surface area contributed by atoms with E-state index in [4.69, 9.17) is 14.2 Å². The molecule has 0 aromatic rings. The molecule has 69 heavy (non-hydrogen) atoms. The molecule has 0 heterocycles. The van der Waals surface area contributed by atoms with Crippen LogP contribution in [0.5, 0.6) is 0 Å². The van der Waals surface area contributed by atoms with Gasteiger partial charge in [0.1, 0.15) is 13.2 Å². The molecule has 6 heteroatoms. The first kappa shape index (κ1) is 67.4. The predicted octanol–water partition coefficient (Wildman–Crippen LogP) is 20.8. The highest BCUT2D eigenvalue weighted by Crippen LogP contribution is 2.19. The van der Waals surface area contributed by atoms with Crippen molar-refractivity contribution in [1.82, 2.24) is 0 Å². The average Bonchev–Trinajstić information content (AvgIpc) is 3.35. The lowest BCUT2D eigenvalue weighted by Crippen LogP contribution is -2.30. The van der Waals surface area contributed by atoms with Crippen LogP contribution >= 0.6 is 0 Å². The summed E-state index contributed by atoms with van der Waals surface area (Å²) in [4.78, 5) is 38.2. The smallest absolute Gasteiger partial charge is 0.306 e. The summed E-state index contributed by atoms with van der Waals surface area (Å²) in [6.07, 6.45) is 60.9. The van der Waals surface area contributed by atoms with Crippen LogP contribution in [0.1, 0.15) is 356 Å². The number of hydrogen-bond donors (Lipinski definition) is 0. The van der Waals surface area contributed by atoms with Gasteiger partial charge in [-0.2, -0.15) is 0 Å². The summed E-state index contributed by atoms with van der Waals surface area (Å²) in [7, 11) is 0. The van der Waals surface area contributed by atoms with Crippen LogP contribution in [0.4, 0.5) is 0 Å². The van der Waals surface area contributed by atoms with Crippen LogP contribution in [-0.2, 0) is 28.6 Å². The highest BCUT2D eigenvalue weighted by atomic mass is 16.6. The monoisotopic (exact) mass is 975 g/mol. The van der Waals surface area contributed by atoms with E-state index in [2.05, 4.69) is 34.6 Å². The third kappa shape index (κ3) is 54.0. The van der Waals surface area contributed by atoms with Crippen LogP contribution in [-0.4, -0.2) is 37.2 Å². The van der Waals surface area contributed by atoms with Crippen LogP contribution < -0.4 is 0 Å². The standard InChI is InChI=1S/C63H122O6/c1-6-9-10-11-12-13-26-33-38-43-48-53-61(64)67-56-60(57-68-62(65)54-49-44-39-34-29-24-21-20-23-28-32-37-42-47-52-59(5)8-3)69-63(66)55-50-45-40-35-30-25-19-17-15-14-16-18-22-27-31-36-41-46-51-58(4)7-2/h58-60H,6-57H2,1-5H3/t58?,59?,60-/m0/s1. The van der Waals surface area contributed by atoms with Gasteiger partial charge in [0.05, 0.1) is 0 Å². The number of unbranched alkanes of at least 4 members (excludes halogenated alkanes) is 40. The van der Waals surface area contributed by atoms with Crippen molar-refractivity contribution < 1.29 is 28.6 Å². The summed E-state index contributed by atoms with van der Waals surface area (Å²) in [5.74, 6) is 0.970. The largest absolute Gasteiger partial charge is 0.462 e. The molecule has 0 amide bonds. The van der Waals surface area contributed by atoms with Crippen LogP contribution in [0.2, 0.25) is 0 Å². The lowest BCUT2D eigenvalue weighted by Gasteiger charge is -2.18. The first-order valence-corrected chi connectivity index (χ1v) is 31.3. The molecule has 0 aliphatic rings. The fourth-order valence-corrected chi connectivity index (χ4v) is 9.69. The summed E-state index contributed by atoms with van der Waals surface area (Å²) in [6.45, 7) is 11.5. The minimum atomic E-state index is -0.763. The number of carbonyl (C=O) groups is 3. The number of esters is 3. The second kappa shape index (κ2) is 55.7. The van der Waals surface area contributed by atoms with E-state index in [-0.39, 0.29) is 31.1 Å². The third-order valence-electron chi connectivity index (χ3n) is 15.2. The van der Waals surface area contributed by atoms with Crippen molar-refractivity contribution in [3.05, 3.63) is 0 Å². The quantitative estimate of drug-likeness (QED) is 0.0343. The molecule has 410 valence electrons. The van der Waals surface area contributed by atoms with Crippen LogP contribution in [0.15, 0.2) is 0 Å². The van der Waals surface area contributed by atoms with Crippen molar-refractivity contribution >= 4 is 17.9 Å². The van der Waals surface area contributed by atoms with E-state index in [0.717, 1.165) is 69.6 Å². The van der Waals surface area contributed by atoms with Gasteiger partial charge < -0.3 is 14.2 Å². The van der Waals surface area contributed by atoms with E-state index >= 15 is 0 Å². The highest BCUT2D eigenvalue weighted by Gasteiger charge is 2.19. The Morgan fingerprint density at radius 1 is 0.290 bits per heavy atom. The molecule has 0 spiro atoms. The molecule has 0 aromatic heterocycles. The molecule has 0 N–H and O–H groups in total. The molecule has 0 aliphatic heterocycles. The van der Waals surface area contributed by atoms with Gasteiger partial charge in [-0.15, -0.1) is 0 Å². The van der Waals surface area contributed by atoms with Gasteiger partial charge in [0.2, 0.25) is 0 Å². The molecule has 0 radical (unpaired) electrons. The SMILES string of the molecule is CCCCCCCCCCCCCC(=O)OC[C@@H](COC(=O)CCCCCCCCCCCCCCCCC(C)CC)OC(=O)CCCCCCCCCCCCCCCCCCCCC(C)CC. The van der Waals surface area contributed by atoms with Crippen LogP contribution in [0.3, 0.4) is 0 Å². The first-order valence-electron chi connectivity index (χ1n) is 31.3. The minimum Gasteiger partial charge on any atom is -0.462 e. The molecule has 3 atom stereocenters. The fraction of sp³-hybridized carbons (Fsp3) is 0.952. The second-order valence-electron chi connectivity index (χ2n) is 22.2. The lowest BCUT2D eigenvalue weighted by atomic mass is 9.99. The molecule has 6 nitrogen and oxygen atoms in total. The number of rotatable bonds is 57. The normalized spacial score (nSPS) is 12.8. The molecule has 0 saturated heterocycles. The second-order valence-corrected chi connectivity index (χ2v) is 22.2. The molecular formula is C63H122O6. The highest BCUT2D eigenvalue weighted by molar-refractivity contribution is 5.71. The molecule has 0 fully saturated rings. The van der Waals surface area contributed by atoms with Crippen molar-refractivity contribution in [2.75, 3.05) is 13.2 Å². The van der Waals surface area contributed by atoms with Crippen molar-refractivity contribution in [3.63, 3.8) is 0 Å². The van der Waals surface area contributed by atoms with E-state index in [1.807, 2.05) is 0 Å². The summed E-state index contributed by atoms with van der Waals surface area (Å²) in [6, 6.07) is 0. The summed E-state index contributed by atoms with van der Waals surface area (Å²) >= 11 is 0. The van der Waals surface area contributed by atoms with E-state index in [0.29, 0.717) is 19.3 Å². The Morgan fingerprint density at radius 3 is 0.754 bits per heavy atom. The van der Waals surface area contributed by atoms with E-state index in [1.54, 1.807) is 0 Å². The maximum atomic E-state index is 12.9. The Labute approximate surface area is 431 Å². The summed E-state index contributed by atoms with van der Waals surface area (Å²) < 4.78 is 16.9. The maximum absolute atomic E-state index is 12.9. The van der Waals surface area contributed by atoms with Crippen molar-refractivity contribution in [2.45, 2.75) is 362 Å². The van der Waals surface area contributed by atoms with Crippen molar-refractivity contribution in [1.29, 1.82) is 0 Å². The summed E-state index contributed by atoms with van der Waals surface area (Å²) in [5.41, 5.74) is 0. The van der Waals surface area contributed by atoms with Crippen LogP contribution in [0, 0.1) is 11.8 Å². The van der Waals surface area contributed by atoms with Gasteiger partial charge >= 0.3 is 17.9 Å². The molecule has 0 bridgehead atoms. The zero-order valence-corrected chi connectivity index (χ0v) is 47.5. The molecule has 0 rings (SSSR count). The van der Waals surface area contributed by atoms with Crippen molar-refractivity contribution in [3.8, 4) is 0 Å². The molecule has 2 unspecified atom stereocenters. The zero-order valence-electron chi connectivity index (χ0n) is 47.5. The van der Waals surface area contributed by atoms with Gasteiger partial charge in [-0.3, -0.25) is 14.4 Å². The van der Waals surface area contributed by atoms with Gasteiger partial charge in [0.15, 0.2) is 6.10 Å². The Balaban J connectivity index is 4.22. The molecule has 0 aliphatic carbocycles. The summed E-state index contributed by atoms with van der Waals surface area (Å²) in [5, 5.41) is 0. The van der Waals surface area contributed by atoms with Gasteiger partial charge in [0, 0.05) is 19.3 Å². The Bertz CT molecular complexity index is 1060. The third-order valence-corrected chi connectivity index (χ3v) is 15.2. The minimum absolute atomic E-state index is 0.0621. The van der Waals surface area contributed by atoms with E-state index in [1.165, 1.54) is 244 Å². The van der Waals surface area contributed by atoms with Crippen LogP contribution in [0.25, 0.3) is 0 Å². The average molecular weight is 976 g/mol. The van der Waals surface area contributed by atoms with Gasteiger partial charge in [0.25, 0.3) is 0 Å². The number of ether oxygens (including phenoxy) is 3. The molecular weight excluding hydrogens is 853 g/mol. The van der Waals surface area contributed by atoms with E-state index < -0.39 is 6.10 Å². The Morgan fingerprint density at radius 2 is 0.507 bits per heavy atom. The molecule has 0 aromatic carbocycles. The first-order chi connectivity index (χ1) is 33.8. The number of hydrogen-bond acceptors (Lipinski definition) is 6. The zero-order chi connectivity index (χ0) is 50.4. The fourth-order valence-electron chi connectivity index (χ4n) is 9.69. The topological polar surface area (TPSA) is 78.9 Å². The maximum Gasteiger partial charge on any atom is 0.306 e. The Kier molecular flexibility index (Phi) is 54.4. The van der Waals surface area contributed by atoms with Gasteiger partial charge in [-0.1, -0.05) is 317 Å². The number of carbonyl (C=O) groups excluding carboxylic acids is 3. The lowest BCUT2D eigenvalue weighted by molar-refractivity contribution is -0.167. The molecule has 0 saturated carbocycles. The van der Waals surface area contributed by atoms with Gasteiger partial charge in [-0.05, 0) is 31.1 Å². The predicted molar refractivity (Wildman–Crippen MR) is 298 cm³/mol. The van der Waals surface area contributed by atoms with Gasteiger partial charge in [-0.25, -0.2) is 0 Å². The Hall–Kier alpha value is -1.59.